The highest BCUT2D eigenvalue weighted by Gasteiger charge is 2.70. The van der Waals surface area contributed by atoms with Crippen LogP contribution in [0, 0.1) is 34.7 Å². The normalized spacial score (nSPS) is 29.5. The highest BCUT2D eigenvalue weighted by Crippen LogP contribution is 2.68. The summed E-state index contributed by atoms with van der Waals surface area (Å²) in [6, 6.07) is 4.14. The minimum Gasteiger partial charge on any atom is -0.480 e. The Hall–Kier alpha value is -3.57. The van der Waals surface area contributed by atoms with Gasteiger partial charge < -0.3 is 19.7 Å². The third-order valence-electron chi connectivity index (χ3n) is 8.75. The molecule has 194 valence electrons. The van der Waals surface area contributed by atoms with Gasteiger partial charge in [0.2, 0.25) is 17.6 Å². The Kier molecular flexibility index (Phi) is 5.02. The molecule has 0 amide bonds. The molecule has 1 aromatic carbocycles. The van der Waals surface area contributed by atoms with E-state index in [-0.39, 0.29) is 11.8 Å². The second kappa shape index (κ2) is 8.22. The van der Waals surface area contributed by atoms with E-state index >= 15 is 0 Å². The second-order valence-electron chi connectivity index (χ2n) is 10.4. The van der Waals surface area contributed by atoms with Gasteiger partial charge in [-0.3, -0.25) is 0 Å². The van der Waals surface area contributed by atoms with Crippen molar-refractivity contribution in [1.82, 2.24) is 25.0 Å². The van der Waals surface area contributed by atoms with Crippen LogP contribution >= 0.6 is 0 Å². The summed E-state index contributed by atoms with van der Waals surface area (Å²) >= 11 is 0. The van der Waals surface area contributed by atoms with Crippen LogP contribution in [-0.2, 0) is 6.54 Å². The van der Waals surface area contributed by atoms with Crippen LogP contribution in [-0.4, -0.2) is 51.2 Å². The number of aryl methyl sites for hydroxylation is 1. The SMILES string of the molecule is COc1cc(N2C[C@H]3[C@H](Nc4nc5n(n4)CCC[C@@H]5Oc4ccc(F)c(F)c4F)[C@@H]4CCC43C2)cnn1. The number of rotatable bonds is 6. The van der Waals surface area contributed by atoms with Crippen molar-refractivity contribution in [2.24, 2.45) is 17.3 Å². The van der Waals surface area contributed by atoms with Crippen LogP contribution in [0.1, 0.15) is 37.6 Å². The first-order chi connectivity index (χ1) is 18.0. The smallest absolute Gasteiger partial charge is 0.242 e. The van der Waals surface area contributed by atoms with Crippen molar-refractivity contribution >= 4 is 11.6 Å². The fourth-order valence-electron chi connectivity index (χ4n) is 6.86. The Balaban J connectivity index is 1.08. The zero-order chi connectivity index (χ0) is 25.3. The van der Waals surface area contributed by atoms with E-state index in [4.69, 9.17) is 14.5 Å². The van der Waals surface area contributed by atoms with Crippen LogP contribution in [0.5, 0.6) is 11.6 Å². The van der Waals surface area contributed by atoms with Crippen molar-refractivity contribution in [2.45, 2.75) is 44.4 Å². The number of anilines is 2. The lowest BCUT2D eigenvalue weighted by atomic mass is 9.41. The number of nitrogens with zero attached hydrogens (tertiary/aromatic N) is 6. The molecule has 5 atom stereocenters. The van der Waals surface area contributed by atoms with E-state index in [0.29, 0.717) is 47.9 Å². The molecule has 1 spiro atoms. The Labute approximate surface area is 211 Å². The van der Waals surface area contributed by atoms with Crippen LogP contribution in [0.15, 0.2) is 24.4 Å². The zero-order valence-corrected chi connectivity index (χ0v) is 20.2. The molecule has 4 aliphatic rings. The van der Waals surface area contributed by atoms with Crippen molar-refractivity contribution in [2.75, 3.05) is 30.4 Å². The summed E-state index contributed by atoms with van der Waals surface area (Å²) in [5, 5.41) is 16.3. The number of benzene rings is 1. The van der Waals surface area contributed by atoms with E-state index in [1.54, 1.807) is 18.0 Å². The van der Waals surface area contributed by atoms with Gasteiger partial charge in [0.25, 0.3) is 0 Å². The number of hydrogen-bond donors (Lipinski definition) is 1. The van der Waals surface area contributed by atoms with Gasteiger partial charge >= 0.3 is 0 Å². The highest BCUT2D eigenvalue weighted by atomic mass is 19.2. The highest BCUT2D eigenvalue weighted by molar-refractivity contribution is 5.51. The monoisotopic (exact) mass is 513 g/mol. The van der Waals surface area contributed by atoms with Crippen molar-refractivity contribution in [3.63, 3.8) is 0 Å². The molecule has 2 aromatic heterocycles. The number of nitrogens with one attached hydrogen (secondary N) is 1. The molecule has 2 saturated carbocycles. The summed E-state index contributed by atoms with van der Waals surface area (Å²) < 4.78 is 54.0. The zero-order valence-electron chi connectivity index (χ0n) is 20.2. The maximum Gasteiger partial charge on any atom is 0.242 e. The number of hydrogen-bond acceptors (Lipinski definition) is 8. The molecule has 1 unspecified atom stereocenters. The van der Waals surface area contributed by atoms with E-state index in [1.807, 2.05) is 6.07 Å². The summed E-state index contributed by atoms with van der Waals surface area (Å²) in [6.07, 6.45) is 4.87. The van der Waals surface area contributed by atoms with E-state index in [2.05, 4.69) is 25.5 Å². The maximum atomic E-state index is 14.2. The predicted molar refractivity (Wildman–Crippen MR) is 126 cm³/mol. The van der Waals surface area contributed by atoms with E-state index < -0.39 is 23.6 Å². The van der Waals surface area contributed by atoms with Crippen molar-refractivity contribution in [3.8, 4) is 11.6 Å². The Morgan fingerprint density at radius 3 is 2.84 bits per heavy atom. The van der Waals surface area contributed by atoms with Gasteiger partial charge in [0.05, 0.1) is 19.0 Å². The Morgan fingerprint density at radius 2 is 2.03 bits per heavy atom. The van der Waals surface area contributed by atoms with Gasteiger partial charge in [0, 0.05) is 37.7 Å². The Morgan fingerprint density at radius 1 is 1.14 bits per heavy atom. The molecule has 1 N–H and O–H groups in total. The molecule has 9 nitrogen and oxygen atoms in total. The summed E-state index contributed by atoms with van der Waals surface area (Å²) in [4.78, 5) is 7.05. The van der Waals surface area contributed by atoms with Crippen LogP contribution < -0.4 is 19.7 Å². The van der Waals surface area contributed by atoms with Crippen molar-refractivity contribution < 1.29 is 22.6 Å². The number of fused-ring (bicyclic) bond motifs is 1. The van der Waals surface area contributed by atoms with Gasteiger partial charge in [-0.2, -0.15) is 14.5 Å². The molecule has 2 aliphatic heterocycles. The molecule has 0 radical (unpaired) electrons. The van der Waals surface area contributed by atoms with Gasteiger partial charge in [-0.15, -0.1) is 10.2 Å². The molecular weight excluding hydrogens is 487 g/mol. The third kappa shape index (κ3) is 3.37. The minimum absolute atomic E-state index is 0.253. The van der Waals surface area contributed by atoms with Gasteiger partial charge in [-0.05, 0) is 49.1 Å². The van der Waals surface area contributed by atoms with Crippen molar-refractivity contribution in [1.29, 1.82) is 0 Å². The van der Waals surface area contributed by atoms with E-state index in [0.717, 1.165) is 43.8 Å². The average molecular weight is 514 g/mol. The lowest BCUT2D eigenvalue weighted by Crippen LogP contribution is -2.68. The maximum absolute atomic E-state index is 14.2. The summed E-state index contributed by atoms with van der Waals surface area (Å²) in [7, 11) is 1.59. The first kappa shape index (κ1) is 22.6. The van der Waals surface area contributed by atoms with Gasteiger partial charge in [0.15, 0.2) is 29.3 Å². The fraction of sp³-hybridized carbons (Fsp3) is 0.520. The molecule has 12 heteroatoms. The quantitative estimate of drug-likeness (QED) is 0.499. The van der Waals surface area contributed by atoms with E-state index in [1.165, 1.54) is 6.42 Å². The lowest BCUT2D eigenvalue weighted by Gasteiger charge is -2.65. The molecule has 1 saturated heterocycles. The molecule has 37 heavy (non-hydrogen) atoms. The summed E-state index contributed by atoms with van der Waals surface area (Å²) in [6.45, 7) is 2.55. The predicted octanol–water partition coefficient (Wildman–Crippen LogP) is 3.73. The van der Waals surface area contributed by atoms with E-state index in [9.17, 15) is 13.2 Å². The Bertz CT molecular complexity index is 1370. The number of ether oxygens (including phenoxy) is 2. The molecule has 0 bridgehead atoms. The molecule has 3 aromatic rings. The van der Waals surface area contributed by atoms with Crippen LogP contribution in [0.2, 0.25) is 0 Å². The van der Waals surface area contributed by atoms with Crippen LogP contribution in [0.25, 0.3) is 0 Å². The lowest BCUT2D eigenvalue weighted by molar-refractivity contribution is -0.117. The molecule has 2 aliphatic carbocycles. The van der Waals surface area contributed by atoms with Crippen LogP contribution in [0.4, 0.5) is 24.8 Å². The molecule has 3 fully saturated rings. The summed E-state index contributed by atoms with van der Waals surface area (Å²) in [5.74, 6) is -1.88. The van der Waals surface area contributed by atoms with Gasteiger partial charge in [0.1, 0.15) is 0 Å². The topological polar surface area (TPSA) is 90.2 Å². The second-order valence-corrected chi connectivity index (χ2v) is 10.4. The van der Waals surface area contributed by atoms with Gasteiger partial charge in [-0.25, -0.2) is 13.5 Å². The minimum atomic E-state index is -1.54. The van der Waals surface area contributed by atoms with Crippen molar-refractivity contribution in [3.05, 3.63) is 47.7 Å². The first-order valence-corrected chi connectivity index (χ1v) is 12.6. The number of halogens is 3. The fourth-order valence-corrected chi connectivity index (χ4v) is 6.86. The summed E-state index contributed by atoms with van der Waals surface area (Å²) in [5.41, 5.74) is 1.31. The third-order valence-corrected chi connectivity index (χ3v) is 8.75. The van der Waals surface area contributed by atoms with Gasteiger partial charge in [-0.1, -0.05) is 0 Å². The number of methoxy groups -OCH3 is 1. The van der Waals surface area contributed by atoms with Crippen LogP contribution in [0.3, 0.4) is 0 Å². The largest absolute Gasteiger partial charge is 0.480 e. The molecule has 7 rings (SSSR count). The molecular formula is C25H26F3N7O2. The average Bonchev–Trinajstić information content (AvgIpc) is 3.50. The molecule has 4 heterocycles. The first-order valence-electron chi connectivity index (χ1n) is 12.6. The number of aromatic nitrogens is 5. The standard InChI is InChI=1S/C25H26F3N7O2/c1-36-19-9-13(10-29-32-19)34-11-15-22(14-6-7-25(14,15)12-34)30-24-31-23-18(3-2-8-35(23)33-24)37-17-5-4-16(26)20(27)21(17)28/h4-5,9-10,14-15,18,22H,2-3,6-8,11-12H2,1H3,(H,30,33)/t14-,15-,18-,22+,25?/m0/s1.